The molecule has 0 saturated carbocycles. The summed E-state index contributed by atoms with van der Waals surface area (Å²) < 4.78 is 26.9. The SMILES string of the molecule is Cc1c(CCC(=O)O)ccc(NS(=O)(=O)c2ccccn2)c1C(=O)O. The van der Waals surface area contributed by atoms with Crippen molar-refractivity contribution in [1.82, 2.24) is 4.98 Å². The highest BCUT2D eigenvalue weighted by Crippen LogP contribution is 2.26. The minimum Gasteiger partial charge on any atom is -0.481 e. The van der Waals surface area contributed by atoms with Gasteiger partial charge in [-0.05, 0) is 42.7 Å². The molecule has 0 unspecified atom stereocenters. The van der Waals surface area contributed by atoms with E-state index in [2.05, 4.69) is 9.71 Å². The molecule has 1 aromatic heterocycles. The Labute approximate surface area is 144 Å². The van der Waals surface area contributed by atoms with Gasteiger partial charge in [0.2, 0.25) is 0 Å². The third-order valence-corrected chi connectivity index (χ3v) is 4.84. The number of hydrogen-bond acceptors (Lipinski definition) is 5. The maximum absolute atomic E-state index is 12.3. The first-order chi connectivity index (χ1) is 11.7. The first-order valence-electron chi connectivity index (χ1n) is 7.24. The third kappa shape index (κ3) is 4.32. The van der Waals surface area contributed by atoms with E-state index in [4.69, 9.17) is 5.11 Å². The number of rotatable bonds is 7. The summed E-state index contributed by atoms with van der Waals surface area (Å²) in [6.07, 6.45) is 1.31. The van der Waals surface area contributed by atoms with Crippen LogP contribution in [0, 0.1) is 6.92 Å². The first kappa shape index (κ1) is 18.4. The van der Waals surface area contributed by atoms with Gasteiger partial charge in [-0.25, -0.2) is 9.78 Å². The third-order valence-electron chi connectivity index (χ3n) is 3.56. The minimum absolute atomic E-state index is 0.102. The van der Waals surface area contributed by atoms with E-state index in [1.165, 1.54) is 37.4 Å². The van der Waals surface area contributed by atoms with Gasteiger partial charge in [0.1, 0.15) is 0 Å². The van der Waals surface area contributed by atoms with Crippen molar-refractivity contribution < 1.29 is 28.2 Å². The quantitative estimate of drug-likeness (QED) is 0.683. The predicted octanol–water partition coefficient (Wildman–Crippen LogP) is 1.91. The van der Waals surface area contributed by atoms with E-state index in [0.29, 0.717) is 11.1 Å². The second kappa shape index (κ2) is 7.31. The van der Waals surface area contributed by atoms with E-state index in [1.54, 1.807) is 6.07 Å². The summed E-state index contributed by atoms with van der Waals surface area (Å²) in [7, 11) is -4.04. The number of pyridine rings is 1. The number of benzene rings is 1. The Bertz CT molecular complexity index is 910. The molecule has 1 aromatic carbocycles. The Morgan fingerprint density at radius 2 is 1.88 bits per heavy atom. The molecule has 0 radical (unpaired) electrons. The molecule has 0 bridgehead atoms. The molecule has 0 aliphatic carbocycles. The Hall–Kier alpha value is -2.94. The molecule has 1 heterocycles. The van der Waals surface area contributed by atoms with Crippen LogP contribution in [0.2, 0.25) is 0 Å². The van der Waals surface area contributed by atoms with Crippen molar-refractivity contribution >= 4 is 27.6 Å². The number of carboxylic acids is 2. The number of aryl methyl sites for hydroxylation is 1. The van der Waals surface area contributed by atoms with Crippen LogP contribution in [0.3, 0.4) is 0 Å². The van der Waals surface area contributed by atoms with Crippen molar-refractivity contribution in [2.75, 3.05) is 4.72 Å². The van der Waals surface area contributed by atoms with Crippen molar-refractivity contribution in [3.63, 3.8) is 0 Å². The van der Waals surface area contributed by atoms with Crippen LogP contribution in [0.15, 0.2) is 41.6 Å². The summed E-state index contributed by atoms with van der Waals surface area (Å²) in [6.45, 7) is 1.51. The molecule has 0 atom stereocenters. The minimum atomic E-state index is -4.04. The summed E-state index contributed by atoms with van der Waals surface area (Å²) >= 11 is 0. The maximum atomic E-state index is 12.3. The summed E-state index contributed by atoms with van der Waals surface area (Å²) in [5.74, 6) is -2.32. The zero-order chi connectivity index (χ0) is 18.6. The van der Waals surface area contributed by atoms with Gasteiger partial charge in [-0.2, -0.15) is 8.42 Å². The highest BCUT2D eigenvalue weighted by atomic mass is 32.2. The number of nitrogens with one attached hydrogen (secondary N) is 1. The molecule has 9 heteroatoms. The van der Waals surface area contributed by atoms with E-state index in [0.717, 1.165) is 0 Å². The zero-order valence-corrected chi connectivity index (χ0v) is 14.1. The Balaban J connectivity index is 2.43. The second-order valence-electron chi connectivity index (χ2n) is 5.24. The molecule has 0 aliphatic heterocycles. The van der Waals surface area contributed by atoms with Gasteiger partial charge in [-0.15, -0.1) is 0 Å². The fourth-order valence-electron chi connectivity index (χ4n) is 2.33. The van der Waals surface area contributed by atoms with Crippen LogP contribution >= 0.6 is 0 Å². The van der Waals surface area contributed by atoms with Crippen LogP contribution in [0.1, 0.15) is 27.9 Å². The van der Waals surface area contributed by atoms with Gasteiger partial charge in [-0.1, -0.05) is 12.1 Å². The van der Waals surface area contributed by atoms with Crippen LogP contribution in [0.5, 0.6) is 0 Å². The lowest BCUT2D eigenvalue weighted by atomic mass is 9.97. The summed E-state index contributed by atoms with van der Waals surface area (Å²) in [6, 6.07) is 7.18. The predicted molar refractivity (Wildman–Crippen MR) is 89.1 cm³/mol. The number of carbonyl (C=O) groups is 2. The topological polar surface area (TPSA) is 134 Å². The lowest BCUT2D eigenvalue weighted by Gasteiger charge is -2.15. The first-order valence-corrected chi connectivity index (χ1v) is 8.72. The number of nitrogens with zero attached hydrogens (tertiary/aromatic N) is 1. The van der Waals surface area contributed by atoms with Gasteiger partial charge in [0.05, 0.1) is 11.3 Å². The van der Waals surface area contributed by atoms with Crippen molar-refractivity contribution in [1.29, 1.82) is 0 Å². The number of aromatic carboxylic acids is 1. The van der Waals surface area contributed by atoms with Gasteiger partial charge in [0, 0.05) is 12.6 Å². The molecule has 2 aromatic rings. The van der Waals surface area contributed by atoms with E-state index < -0.39 is 22.0 Å². The lowest BCUT2D eigenvalue weighted by molar-refractivity contribution is -0.136. The van der Waals surface area contributed by atoms with Gasteiger partial charge < -0.3 is 10.2 Å². The highest BCUT2D eigenvalue weighted by molar-refractivity contribution is 7.92. The fraction of sp³-hybridized carbons (Fsp3) is 0.188. The molecule has 3 N–H and O–H groups in total. The van der Waals surface area contributed by atoms with E-state index in [-0.39, 0.29) is 29.1 Å². The number of anilines is 1. The Morgan fingerprint density at radius 3 is 2.44 bits per heavy atom. The number of sulfonamides is 1. The van der Waals surface area contributed by atoms with Crippen molar-refractivity contribution in [2.45, 2.75) is 24.8 Å². The normalized spacial score (nSPS) is 11.1. The molecule has 8 nitrogen and oxygen atoms in total. The smallest absolute Gasteiger partial charge is 0.338 e. The molecule has 2 rings (SSSR count). The number of aromatic nitrogens is 1. The van der Waals surface area contributed by atoms with Crippen LogP contribution in [-0.2, 0) is 21.2 Å². The number of hydrogen-bond donors (Lipinski definition) is 3. The van der Waals surface area contributed by atoms with Gasteiger partial charge in [0.25, 0.3) is 10.0 Å². The van der Waals surface area contributed by atoms with E-state index >= 15 is 0 Å². The zero-order valence-electron chi connectivity index (χ0n) is 13.3. The van der Waals surface area contributed by atoms with Crippen LogP contribution in [0.25, 0.3) is 0 Å². The molecule has 0 amide bonds. The van der Waals surface area contributed by atoms with Gasteiger partial charge in [0.15, 0.2) is 5.03 Å². The summed E-state index contributed by atoms with van der Waals surface area (Å²) in [4.78, 5) is 26.0. The van der Waals surface area contributed by atoms with Gasteiger partial charge >= 0.3 is 11.9 Å². The second-order valence-corrected chi connectivity index (χ2v) is 6.87. The monoisotopic (exact) mass is 364 g/mol. The number of carboxylic acid groups (broad SMARTS) is 2. The lowest BCUT2D eigenvalue weighted by Crippen LogP contribution is -2.18. The molecule has 0 spiro atoms. The van der Waals surface area contributed by atoms with Crippen molar-refractivity contribution in [2.24, 2.45) is 0 Å². The van der Waals surface area contributed by atoms with Crippen LogP contribution in [0.4, 0.5) is 5.69 Å². The summed E-state index contributed by atoms with van der Waals surface area (Å²) in [5, 5.41) is 18.0. The van der Waals surface area contributed by atoms with Crippen molar-refractivity contribution in [3.05, 3.63) is 53.2 Å². The average Bonchev–Trinajstić information content (AvgIpc) is 2.54. The van der Waals surface area contributed by atoms with E-state index in [9.17, 15) is 23.1 Å². The van der Waals surface area contributed by atoms with Crippen LogP contribution < -0.4 is 4.72 Å². The molecule has 0 aliphatic rings. The highest BCUT2D eigenvalue weighted by Gasteiger charge is 2.22. The van der Waals surface area contributed by atoms with Crippen LogP contribution in [-0.4, -0.2) is 35.6 Å². The maximum Gasteiger partial charge on any atom is 0.338 e. The fourth-order valence-corrected chi connectivity index (χ4v) is 3.35. The molecular formula is C16H16N2O6S. The van der Waals surface area contributed by atoms with Crippen molar-refractivity contribution in [3.8, 4) is 0 Å². The summed E-state index contributed by atoms with van der Waals surface area (Å²) in [5.41, 5.74) is 0.521. The molecular weight excluding hydrogens is 348 g/mol. The standard InChI is InChI=1S/C16H16N2O6S/c1-10-11(6-8-14(19)20)5-7-12(15(10)16(21)22)18-25(23,24)13-4-2-3-9-17-13/h2-5,7,9,18H,6,8H2,1H3,(H,19,20)(H,21,22). The average molecular weight is 364 g/mol. The molecule has 0 fully saturated rings. The van der Waals surface area contributed by atoms with Gasteiger partial charge in [-0.3, -0.25) is 9.52 Å². The molecule has 25 heavy (non-hydrogen) atoms. The molecule has 132 valence electrons. The number of aliphatic carboxylic acids is 1. The molecule has 0 saturated heterocycles. The van der Waals surface area contributed by atoms with E-state index in [1.807, 2.05) is 0 Å². The Kier molecular flexibility index (Phi) is 5.38. The Morgan fingerprint density at radius 1 is 1.16 bits per heavy atom. The largest absolute Gasteiger partial charge is 0.481 e.